The summed E-state index contributed by atoms with van der Waals surface area (Å²) in [5.41, 5.74) is 2.94. The highest BCUT2D eigenvalue weighted by molar-refractivity contribution is 8.00. The zero-order valence-electron chi connectivity index (χ0n) is 13.1. The molecule has 0 aliphatic heterocycles. The average molecular weight is 329 g/mol. The van der Waals surface area contributed by atoms with Crippen LogP contribution in [-0.2, 0) is 16.6 Å². The van der Waals surface area contributed by atoms with Gasteiger partial charge in [-0.3, -0.25) is 0 Å². The van der Waals surface area contributed by atoms with Gasteiger partial charge in [0.1, 0.15) is 0 Å². The summed E-state index contributed by atoms with van der Waals surface area (Å²) < 4.78 is 28.1. The Morgan fingerprint density at radius 2 is 1.90 bits per heavy atom. The third-order valence-corrected chi connectivity index (χ3v) is 7.08. The van der Waals surface area contributed by atoms with E-state index < -0.39 is 10.0 Å². The van der Waals surface area contributed by atoms with Gasteiger partial charge in [-0.2, -0.15) is 11.8 Å². The number of hydrogen-bond donors (Lipinski definition) is 2. The first-order chi connectivity index (χ1) is 9.83. The van der Waals surface area contributed by atoms with Crippen molar-refractivity contribution in [1.29, 1.82) is 0 Å². The molecule has 21 heavy (non-hydrogen) atoms. The van der Waals surface area contributed by atoms with Gasteiger partial charge in [0.25, 0.3) is 0 Å². The molecule has 0 saturated heterocycles. The highest BCUT2D eigenvalue weighted by Crippen LogP contribution is 2.46. The summed E-state index contributed by atoms with van der Waals surface area (Å²) in [5, 5.41) is 3.08. The maximum absolute atomic E-state index is 12.6. The van der Waals surface area contributed by atoms with Crippen molar-refractivity contribution in [1.82, 2.24) is 10.0 Å². The number of nitrogens with one attached hydrogen (secondary N) is 2. The highest BCUT2D eigenvalue weighted by atomic mass is 32.2. The molecule has 0 aromatic heterocycles. The molecule has 0 atom stereocenters. The minimum absolute atomic E-state index is 0.124. The van der Waals surface area contributed by atoms with Gasteiger partial charge in [0.15, 0.2) is 0 Å². The van der Waals surface area contributed by atoms with Crippen LogP contribution in [0.2, 0.25) is 0 Å². The number of hydrogen-bond acceptors (Lipinski definition) is 4. The molecule has 6 heteroatoms. The molecule has 2 N–H and O–H groups in total. The molecule has 4 nitrogen and oxygen atoms in total. The summed E-state index contributed by atoms with van der Waals surface area (Å²) >= 11 is 1.76. The van der Waals surface area contributed by atoms with E-state index in [2.05, 4.69) is 10.0 Å². The van der Waals surface area contributed by atoms with Crippen LogP contribution in [0.3, 0.4) is 0 Å². The minimum atomic E-state index is -3.44. The average Bonchev–Trinajstić information content (AvgIpc) is 3.20. The second kappa shape index (κ2) is 6.28. The van der Waals surface area contributed by atoms with Crippen molar-refractivity contribution in [2.24, 2.45) is 0 Å². The van der Waals surface area contributed by atoms with Crippen LogP contribution in [0.15, 0.2) is 17.0 Å². The van der Waals surface area contributed by atoms with Crippen molar-refractivity contribution in [3.05, 3.63) is 28.8 Å². The van der Waals surface area contributed by atoms with Crippen molar-refractivity contribution in [2.45, 2.75) is 42.9 Å². The molecule has 0 bridgehead atoms. The molecule has 0 heterocycles. The first-order valence-electron chi connectivity index (χ1n) is 7.13. The van der Waals surface area contributed by atoms with Gasteiger partial charge >= 0.3 is 0 Å². The summed E-state index contributed by atoms with van der Waals surface area (Å²) in [6.07, 6.45) is 4.23. The molecule has 1 aliphatic carbocycles. The first kappa shape index (κ1) is 16.8. The van der Waals surface area contributed by atoms with Crippen LogP contribution in [0.25, 0.3) is 0 Å². The molecule has 0 unspecified atom stereocenters. The predicted octanol–water partition coefficient (Wildman–Crippen LogP) is 2.20. The SMILES string of the molecule is CNCc1cc(S(=O)(=O)NCC2(SC)CC2)c(C)cc1C. The molecule has 2 rings (SSSR count). The normalized spacial score (nSPS) is 17.0. The lowest BCUT2D eigenvalue weighted by molar-refractivity contribution is 0.579. The number of benzene rings is 1. The fraction of sp³-hybridized carbons (Fsp3) is 0.600. The van der Waals surface area contributed by atoms with Crippen molar-refractivity contribution >= 4 is 21.8 Å². The molecule has 1 fully saturated rings. The standard InChI is InChI=1S/C15H24N2O2S2/c1-11-7-12(2)14(8-13(11)9-16-3)21(18,19)17-10-15(20-4)5-6-15/h7-8,16-17H,5-6,9-10H2,1-4H3. The van der Waals surface area contributed by atoms with E-state index in [9.17, 15) is 8.42 Å². The van der Waals surface area contributed by atoms with E-state index in [1.54, 1.807) is 17.8 Å². The summed E-state index contributed by atoms with van der Waals surface area (Å²) in [6, 6.07) is 3.74. The Kier molecular flexibility index (Phi) is 5.03. The fourth-order valence-electron chi connectivity index (χ4n) is 2.44. The van der Waals surface area contributed by atoms with Crippen LogP contribution >= 0.6 is 11.8 Å². The number of rotatable bonds is 7. The minimum Gasteiger partial charge on any atom is -0.316 e. The monoisotopic (exact) mass is 328 g/mol. The lowest BCUT2D eigenvalue weighted by atomic mass is 10.1. The molecule has 0 radical (unpaired) electrons. The smallest absolute Gasteiger partial charge is 0.240 e. The Labute approximate surface area is 132 Å². The Morgan fingerprint density at radius 1 is 1.24 bits per heavy atom. The van der Waals surface area contributed by atoms with Gasteiger partial charge in [-0.1, -0.05) is 6.07 Å². The van der Waals surface area contributed by atoms with Gasteiger partial charge in [-0.15, -0.1) is 0 Å². The second-order valence-corrected chi connectivity index (χ2v) is 8.80. The van der Waals surface area contributed by atoms with Crippen molar-refractivity contribution in [3.63, 3.8) is 0 Å². The van der Waals surface area contributed by atoms with Crippen LogP contribution < -0.4 is 10.0 Å². The molecule has 0 spiro atoms. The molecular formula is C15H24N2O2S2. The van der Waals surface area contributed by atoms with Crippen LogP contribution in [0.5, 0.6) is 0 Å². The molecule has 1 aliphatic rings. The quantitative estimate of drug-likeness (QED) is 0.806. The van der Waals surface area contributed by atoms with Gasteiger partial charge in [0, 0.05) is 17.8 Å². The summed E-state index contributed by atoms with van der Waals surface area (Å²) in [4.78, 5) is 0.398. The Bertz CT molecular complexity index is 623. The van der Waals surface area contributed by atoms with E-state index >= 15 is 0 Å². The van der Waals surface area contributed by atoms with E-state index in [0.29, 0.717) is 18.0 Å². The predicted molar refractivity (Wildman–Crippen MR) is 89.3 cm³/mol. The van der Waals surface area contributed by atoms with Crippen LogP contribution in [-0.4, -0.2) is 33.0 Å². The fourth-order valence-corrected chi connectivity index (χ4v) is 4.66. The lowest BCUT2D eigenvalue weighted by Gasteiger charge is -2.16. The zero-order valence-corrected chi connectivity index (χ0v) is 14.7. The Balaban J connectivity index is 2.24. The van der Waals surface area contributed by atoms with Gasteiger partial charge in [0.05, 0.1) is 4.90 Å². The van der Waals surface area contributed by atoms with Crippen LogP contribution in [0, 0.1) is 13.8 Å². The van der Waals surface area contributed by atoms with Gasteiger partial charge in [-0.05, 0) is 62.7 Å². The molecule has 0 amide bonds. The Hall–Kier alpha value is -0.560. The maximum Gasteiger partial charge on any atom is 0.240 e. The highest BCUT2D eigenvalue weighted by Gasteiger charge is 2.42. The molecule has 1 aromatic rings. The van der Waals surface area contributed by atoms with E-state index in [1.807, 2.05) is 33.2 Å². The van der Waals surface area contributed by atoms with E-state index in [0.717, 1.165) is 29.5 Å². The molecule has 118 valence electrons. The molecule has 1 saturated carbocycles. The van der Waals surface area contributed by atoms with Crippen molar-refractivity contribution in [3.8, 4) is 0 Å². The third-order valence-electron chi connectivity index (χ3n) is 4.12. The van der Waals surface area contributed by atoms with E-state index in [1.165, 1.54) is 0 Å². The maximum atomic E-state index is 12.6. The number of aryl methyl sites for hydroxylation is 2. The summed E-state index contributed by atoms with van der Waals surface area (Å²) in [5.74, 6) is 0. The number of sulfonamides is 1. The Morgan fingerprint density at radius 3 is 2.43 bits per heavy atom. The van der Waals surface area contributed by atoms with Gasteiger partial charge < -0.3 is 5.32 Å². The van der Waals surface area contributed by atoms with Crippen molar-refractivity contribution < 1.29 is 8.42 Å². The largest absolute Gasteiger partial charge is 0.316 e. The summed E-state index contributed by atoms with van der Waals surface area (Å²) in [7, 11) is -1.58. The van der Waals surface area contributed by atoms with Gasteiger partial charge in [-0.25, -0.2) is 13.1 Å². The zero-order chi connectivity index (χ0) is 15.7. The lowest BCUT2D eigenvalue weighted by Crippen LogP contribution is -2.32. The van der Waals surface area contributed by atoms with Crippen LogP contribution in [0.1, 0.15) is 29.5 Å². The van der Waals surface area contributed by atoms with E-state index in [4.69, 9.17) is 0 Å². The summed E-state index contributed by atoms with van der Waals surface area (Å²) in [6.45, 7) is 5.05. The van der Waals surface area contributed by atoms with Gasteiger partial charge in [0.2, 0.25) is 10.0 Å². The molecular weight excluding hydrogens is 304 g/mol. The first-order valence-corrected chi connectivity index (χ1v) is 9.84. The molecule has 1 aromatic carbocycles. The number of thioether (sulfide) groups is 1. The van der Waals surface area contributed by atoms with Crippen LogP contribution in [0.4, 0.5) is 0 Å². The second-order valence-electron chi connectivity index (χ2n) is 5.79. The third kappa shape index (κ3) is 3.80. The van der Waals surface area contributed by atoms with Crippen molar-refractivity contribution in [2.75, 3.05) is 19.8 Å². The van der Waals surface area contributed by atoms with E-state index in [-0.39, 0.29) is 4.75 Å². The topological polar surface area (TPSA) is 58.2 Å².